The molecular weight excluding hydrogens is 240 g/mol. The van der Waals surface area contributed by atoms with Crippen LogP contribution in [0.5, 0.6) is 0 Å². The Kier molecular flexibility index (Phi) is 4.66. The van der Waals surface area contributed by atoms with Gasteiger partial charge in [-0.3, -0.25) is 4.90 Å². The fraction of sp³-hybridized carbons (Fsp3) is 0.733. The van der Waals surface area contributed by atoms with Crippen LogP contribution in [0.25, 0.3) is 0 Å². The second-order valence-electron chi connectivity index (χ2n) is 6.01. The van der Waals surface area contributed by atoms with Gasteiger partial charge in [0.25, 0.3) is 0 Å². The first-order chi connectivity index (χ1) is 9.00. The van der Waals surface area contributed by atoms with Gasteiger partial charge in [0.2, 0.25) is 0 Å². The van der Waals surface area contributed by atoms with E-state index in [-0.39, 0.29) is 11.7 Å². The summed E-state index contributed by atoms with van der Waals surface area (Å²) in [5, 5.41) is 3.35. The van der Waals surface area contributed by atoms with E-state index in [9.17, 15) is 0 Å². The lowest BCUT2D eigenvalue weighted by molar-refractivity contribution is -0.131. The van der Waals surface area contributed by atoms with Crippen LogP contribution >= 0.6 is 0 Å². The van der Waals surface area contributed by atoms with Crippen molar-refractivity contribution in [3.8, 4) is 0 Å². The van der Waals surface area contributed by atoms with E-state index in [1.165, 1.54) is 5.56 Å². The third kappa shape index (κ3) is 4.06. The minimum absolute atomic E-state index is 0.0773. The number of nitrogens with one attached hydrogen (secondary N) is 1. The van der Waals surface area contributed by atoms with E-state index < -0.39 is 0 Å². The Morgan fingerprint density at radius 3 is 2.95 bits per heavy atom. The predicted octanol–water partition coefficient (Wildman–Crippen LogP) is 2.39. The number of furan rings is 1. The first kappa shape index (κ1) is 14.6. The molecule has 2 heterocycles. The van der Waals surface area contributed by atoms with Crippen LogP contribution < -0.4 is 5.32 Å². The fourth-order valence-electron chi connectivity index (χ4n) is 2.83. The van der Waals surface area contributed by atoms with E-state index in [0.29, 0.717) is 0 Å². The molecule has 19 heavy (non-hydrogen) atoms. The molecule has 0 spiro atoms. The smallest absolute Gasteiger partial charge is 0.122 e. The average molecular weight is 266 g/mol. The maximum absolute atomic E-state index is 5.93. The zero-order chi connectivity index (χ0) is 13.9. The molecule has 0 bridgehead atoms. The second kappa shape index (κ2) is 6.07. The zero-order valence-electron chi connectivity index (χ0n) is 12.5. The number of morpholine rings is 1. The average Bonchev–Trinajstić information content (AvgIpc) is 2.71. The lowest BCUT2D eigenvalue weighted by atomic mass is 10.1. The number of ether oxygens (including phenoxy) is 1. The topological polar surface area (TPSA) is 37.6 Å². The minimum atomic E-state index is -0.0773. The van der Waals surface area contributed by atoms with Gasteiger partial charge in [-0.1, -0.05) is 6.92 Å². The third-order valence-electron chi connectivity index (χ3n) is 3.41. The van der Waals surface area contributed by atoms with Crippen LogP contribution in [0, 0.1) is 0 Å². The van der Waals surface area contributed by atoms with Gasteiger partial charge < -0.3 is 14.5 Å². The summed E-state index contributed by atoms with van der Waals surface area (Å²) in [6.45, 7) is 13.2. The fourth-order valence-corrected chi connectivity index (χ4v) is 2.83. The van der Waals surface area contributed by atoms with Crippen LogP contribution in [0.4, 0.5) is 0 Å². The van der Waals surface area contributed by atoms with Crippen molar-refractivity contribution >= 4 is 0 Å². The van der Waals surface area contributed by atoms with Gasteiger partial charge in [-0.25, -0.2) is 0 Å². The lowest BCUT2D eigenvalue weighted by Gasteiger charge is -2.41. The molecule has 0 aliphatic carbocycles. The summed E-state index contributed by atoms with van der Waals surface area (Å²) in [5.41, 5.74) is 1.19. The molecule has 1 saturated heterocycles. The minimum Gasteiger partial charge on any atom is -0.468 e. The van der Waals surface area contributed by atoms with Crippen molar-refractivity contribution < 1.29 is 9.15 Å². The number of nitrogens with zero attached hydrogens (tertiary/aromatic N) is 1. The van der Waals surface area contributed by atoms with E-state index in [0.717, 1.165) is 38.5 Å². The summed E-state index contributed by atoms with van der Waals surface area (Å²) < 4.78 is 11.6. The maximum atomic E-state index is 5.93. The van der Waals surface area contributed by atoms with Gasteiger partial charge in [0, 0.05) is 25.2 Å². The number of hydrogen-bond acceptors (Lipinski definition) is 4. The van der Waals surface area contributed by atoms with Gasteiger partial charge in [0.1, 0.15) is 5.76 Å². The third-order valence-corrected chi connectivity index (χ3v) is 3.41. The molecule has 1 atom stereocenters. The van der Waals surface area contributed by atoms with Crippen molar-refractivity contribution in [2.75, 3.05) is 19.6 Å². The summed E-state index contributed by atoms with van der Waals surface area (Å²) >= 11 is 0. The van der Waals surface area contributed by atoms with Gasteiger partial charge in [-0.2, -0.15) is 0 Å². The first-order valence-corrected chi connectivity index (χ1v) is 7.16. The molecular formula is C15H26N2O2. The molecule has 108 valence electrons. The summed E-state index contributed by atoms with van der Waals surface area (Å²) in [7, 11) is 0. The highest BCUT2D eigenvalue weighted by Crippen LogP contribution is 2.23. The van der Waals surface area contributed by atoms with Crippen molar-refractivity contribution in [1.29, 1.82) is 0 Å². The highest BCUT2D eigenvalue weighted by molar-refractivity contribution is 5.17. The Labute approximate surface area is 116 Å². The second-order valence-corrected chi connectivity index (χ2v) is 6.01. The summed E-state index contributed by atoms with van der Waals surface area (Å²) in [4.78, 5) is 2.42. The molecule has 1 N–H and O–H groups in total. The molecule has 0 amide bonds. The molecule has 1 aliphatic rings. The summed E-state index contributed by atoms with van der Waals surface area (Å²) in [6.07, 6.45) is 2.06. The van der Waals surface area contributed by atoms with Crippen molar-refractivity contribution in [2.45, 2.75) is 52.5 Å². The monoisotopic (exact) mass is 266 g/mol. The molecule has 0 radical (unpaired) electrons. The highest BCUT2D eigenvalue weighted by Gasteiger charge is 2.31. The van der Waals surface area contributed by atoms with E-state index in [4.69, 9.17) is 9.15 Å². The van der Waals surface area contributed by atoms with Crippen LogP contribution in [0.15, 0.2) is 16.7 Å². The number of rotatable bonds is 5. The Bertz CT molecular complexity index is 401. The molecule has 1 aromatic heterocycles. The van der Waals surface area contributed by atoms with Crippen LogP contribution in [-0.4, -0.2) is 36.2 Å². The predicted molar refractivity (Wildman–Crippen MR) is 76.0 cm³/mol. The van der Waals surface area contributed by atoms with Gasteiger partial charge in [-0.15, -0.1) is 0 Å². The van der Waals surface area contributed by atoms with Crippen molar-refractivity contribution in [3.05, 3.63) is 23.7 Å². The largest absolute Gasteiger partial charge is 0.468 e. The molecule has 1 aliphatic heterocycles. The highest BCUT2D eigenvalue weighted by atomic mass is 16.5. The molecule has 2 rings (SSSR count). The van der Waals surface area contributed by atoms with Crippen molar-refractivity contribution in [2.24, 2.45) is 0 Å². The Morgan fingerprint density at radius 2 is 2.26 bits per heavy atom. The Balaban J connectivity index is 1.98. The molecule has 1 fully saturated rings. The quantitative estimate of drug-likeness (QED) is 0.888. The van der Waals surface area contributed by atoms with E-state index in [1.54, 1.807) is 6.26 Å². The lowest BCUT2D eigenvalue weighted by Crippen LogP contribution is -2.51. The molecule has 4 heteroatoms. The van der Waals surface area contributed by atoms with Crippen molar-refractivity contribution in [1.82, 2.24) is 10.2 Å². The van der Waals surface area contributed by atoms with Crippen LogP contribution in [0.1, 0.15) is 39.0 Å². The SMILES string of the molecule is CCNCc1ccoc1CN1CC(C)OC(C)(C)C1. The molecule has 0 saturated carbocycles. The molecule has 1 aromatic rings. The van der Waals surface area contributed by atoms with E-state index in [1.807, 2.05) is 0 Å². The Morgan fingerprint density at radius 1 is 1.47 bits per heavy atom. The van der Waals surface area contributed by atoms with Crippen LogP contribution in [0.2, 0.25) is 0 Å². The molecule has 1 unspecified atom stereocenters. The van der Waals surface area contributed by atoms with Crippen molar-refractivity contribution in [3.63, 3.8) is 0 Å². The van der Waals surface area contributed by atoms with Crippen LogP contribution in [0.3, 0.4) is 0 Å². The van der Waals surface area contributed by atoms with Gasteiger partial charge >= 0.3 is 0 Å². The summed E-state index contributed by atoms with van der Waals surface area (Å²) in [5.74, 6) is 1.07. The Hall–Kier alpha value is -0.840. The maximum Gasteiger partial charge on any atom is 0.122 e. The van der Waals surface area contributed by atoms with Crippen LogP contribution in [-0.2, 0) is 17.8 Å². The molecule has 4 nitrogen and oxygen atoms in total. The normalized spacial score (nSPS) is 23.7. The van der Waals surface area contributed by atoms with Gasteiger partial charge in [0.05, 0.1) is 24.5 Å². The van der Waals surface area contributed by atoms with Gasteiger partial charge in [0.15, 0.2) is 0 Å². The first-order valence-electron chi connectivity index (χ1n) is 7.16. The zero-order valence-corrected chi connectivity index (χ0v) is 12.5. The summed E-state index contributed by atoms with van der Waals surface area (Å²) in [6, 6.07) is 2.06. The van der Waals surface area contributed by atoms with E-state index >= 15 is 0 Å². The number of hydrogen-bond donors (Lipinski definition) is 1. The van der Waals surface area contributed by atoms with E-state index in [2.05, 4.69) is 44.0 Å². The van der Waals surface area contributed by atoms with Gasteiger partial charge in [-0.05, 0) is 33.4 Å². The standard InChI is InChI=1S/C15H26N2O2/c1-5-16-8-13-6-7-18-14(13)10-17-9-12(2)19-15(3,4)11-17/h6-7,12,16H,5,8-11H2,1-4H3. The molecule has 0 aromatic carbocycles.